The highest BCUT2D eigenvalue weighted by Crippen LogP contribution is 2.11. The van der Waals surface area contributed by atoms with E-state index in [9.17, 15) is 0 Å². The van der Waals surface area contributed by atoms with Crippen molar-refractivity contribution in [2.75, 3.05) is 44.4 Å². The summed E-state index contributed by atoms with van der Waals surface area (Å²) in [6, 6.07) is 2.00. The lowest BCUT2D eigenvalue weighted by molar-refractivity contribution is 0.425. The molecule has 1 heterocycles. The zero-order valence-electron chi connectivity index (χ0n) is 16.2. The fraction of sp³-hybridized carbons (Fsp3) is 0.789. The zero-order chi connectivity index (χ0) is 17.6. The molecule has 0 atom stereocenters. The molecule has 0 amide bonds. The number of aromatic nitrogens is 2. The number of likely N-dealkylation sites (N-methyl/N-ethyl adjacent to an activating group) is 1. The number of hydrogen-bond donors (Lipinski definition) is 2. The second kappa shape index (κ2) is 13.0. The van der Waals surface area contributed by atoms with Gasteiger partial charge in [-0.25, -0.2) is 4.98 Å². The predicted octanol–water partition coefficient (Wildman–Crippen LogP) is 4.31. The van der Waals surface area contributed by atoms with Gasteiger partial charge < -0.3 is 15.5 Å². The van der Waals surface area contributed by atoms with Crippen LogP contribution in [0.15, 0.2) is 6.07 Å². The molecule has 0 bridgehead atoms. The molecule has 0 spiro atoms. The first-order valence-corrected chi connectivity index (χ1v) is 9.60. The average molecular weight is 336 g/mol. The molecule has 1 aromatic heterocycles. The van der Waals surface area contributed by atoms with Crippen molar-refractivity contribution in [3.8, 4) is 0 Å². The number of unbranched alkanes of at least 4 members (excludes halogenated alkanes) is 7. The molecule has 1 aromatic rings. The third-order valence-electron chi connectivity index (χ3n) is 4.03. The van der Waals surface area contributed by atoms with Crippen LogP contribution in [0.1, 0.15) is 64.0 Å². The lowest BCUT2D eigenvalue weighted by atomic mass is 10.1. The van der Waals surface area contributed by atoms with Crippen molar-refractivity contribution in [1.82, 2.24) is 14.9 Å². The maximum Gasteiger partial charge on any atom is 0.224 e. The second-order valence-corrected chi connectivity index (χ2v) is 6.85. The van der Waals surface area contributed by atoms with E-state index in [1.54, 1.807) is 0 Å². The van der Waals surface area contributed by atoms with Crippen LogP contribution in [0.25, 0.3) is 0 Å². The molecule has 24 heavy (non-hydrogen) atoms. The van der Waals surface area contributed by atoms with E-state index in [2.05, 4.69) is 46.5 Å². The van der Waals surface area contributed by atoms with Gasteiger partial charge in [-0.05, 0) is 27.4 Å². The van der Waals surface area contributed by atoms with Gasteiger partial charge >= 0.3 is 0 Å². The van der Waals surface area contributed by atoms with Crippen molar-refractivity contribution in [2.45, 2.75) is 65.2 Å². The van der Waals surface area contributed by atoms with Crippen LogP contribution in [0.2, 0.25) is 0 Å². The molecule has 5 nitrogen and oxygen atoms in total. The molecule has 0 saturated heterocycles. The van der Waals surface area contributed by atoms with Crippen molar-refractivity contribution in [3.63, 3.8) is 0 Å². The maximum absolute atomic E-state index is 4.55. The van der Waals surface area contributed by atoms with Crippen molar-refractivity contribution < 1.29 is 0 Å². The number of aryl methyl sites for hydroxylation is 1. The van der Waals surface area contributed by atoms with Crippen LogP contribution < -0.4 is 10.6 Å². The van der Waals surface area contributed by atoms with Gasteiger partial charge in [0.2, 0.25) is 5.95 Å². The molecule has 0 aromatic carbocycles. The van der Waals surface area contributed by atoms with Gasteiger partial charge in [0.25, 0.3) is 0 Å². The number of rotatable bonds is 14. The SMILES string of the molecule is CCCCCCCCCCNc1nc(C)cc(NCCN(C)C)n1. The summed E-state index contributed by atoms with van der Waals surface area (Å²) in [6.45, 7) is 7.11. The Balaban J connectivity index is 2.19. The highest BCUT2D eigenvalue weighted by Gasteiger charge is 2.02. The van der Waals surface area contributed by atoms with Crippen LogP contribution in [0.4, 0.5) is 11.8 Å². The Morgan fingerprint density at radius 2 is 1.54 bits per heavy atom. The number of anilines is 2. The van der Waals surface area contributed by atoms with E-state index in [1.807, 2.05) is 13.0 Å². The summed E-state index contributed by atoms with van der Waals surface area (Å²) in [5.41, 5.74) is 0.996. The lowest BCUT2D eigenvalue weighted by Crippen LogP contribution is -2.21. The minimum atomic E-state index is 0.741. The van der Waals surface area contributed by atoms with Crippen LogP contribution >= 0.6 is 0 Å². The van der Waals surface area contributed by atoms with E-state index in [0.29, 0.717) is 0 Å². The number of nitrogens with zero attached hydrogens (tertiary/aromatic N) is 3. The van der Waals surface area contributed by atoms with E-state index < -0.39 is 0 Å². The molecule has 2 N–H and O–H groups in total. The highest BCUT2D eigenvalue weighted by atomic mass is 15.2. The minimum absolute atomic E-state index is 0.741. The molecule has 0 radical (unpaired) electrons. The Morgan fingerprint density at radius 3 is 2.21 bits per heavy atom. The smallest absolute Gasteiger partial charge is 0.224 e. The summed E-state index contributed by atoms with van der Waals surface area (Å²) >= 11 is 0. The molecule has 5 heteroatoms. The van der Waals surface area contributed by atoms with Gasteiger partial charge in [0.05, 0.1) is 0 Å². The molecule has 0 unspecified atom stereocenters. The Labute approximate surface area is 148 Å². The van der Waals surface area contributed by atoms with Gasteiger partial charge in [-0.3, -0.25) is 0 Å². The highest BCUT2D eigenvalue weighted by molar-refractivity contribution is 5.42. The fourth-order valence-electron chi connectivity index (χ4n) is 2.60. The Bertz CT molecular complexity index is 434. The van der Waals surface area contributed by atoms with E-state index >= 15 is 0 Å². The molecule has 1 rings (SSSR count). The van der Waals surface area contributed by atoms with Crippen LogP contribution in [0.5, 0.6) is 0 Å². The standard InChI is InChI=1S/C19H37N5/c1-5-6-7-8-9-10-11-12-13-21-19-22-17(2)16-18(23-19)20-14-15-24(3)4/h16H,5-15H2,1-4H3,(H2,20,21,22,23). The van der Waals surface area contributed by atoms with Crippen molar-refractivity contribution in [1.29, 1.82) is 0 Å². The van der Waals surface area contributed by atoms with E-state index in [4.69, 9.17) is 0 Å². The maximum atomic E-state index is 4.55. The van der Waals surface area contributed by atoms with E-state index in [-0.39, 0.29) is 0 Å². The van der Waals surface area contributed by atoms with Gasteiger partial charge in [0.15, 0.2) is 0 Å². The van der Waals surface area contributed by atoms with Gasteiger partial charge in [-0.2, -0.15) is 4.98 Å². The molecule has 0 aliphatic rings. The molecule has 0 aliphatic carbocycles. The average Bonchev–Trinajstić information content (AvgIpc) is 2.52. The molecule has 0 saturated carbocycles. The first-order chi connectivity index (χ1) is 11.6. The molecular formula is C19H37N5. The Morgan fingerprint density at radius 1 is 0.875 bits per heavy atom. The topological polar surface area (TPSA) is 53.1 Å². The quantitative estimate of drug-likeness (QED) is 0.496. The summed E-state index contributed by atoms with van der Waals surface area (Å²) in [5.74, 6) is 1.65. The third-order valence-corrected chi connectivity index (χ3v) is 4.03. The van der Waals surface area contributed by atoms with Crippen molar-refractivity contribution in [2.24, 2.45) is 0 Å². The summed E-state index contributed by atoms with van der Waals surface area (Å²) < 4.78 is 0. The fourth-order valence-corrected chi connectivity index (χ4v) is 2.60. The van der Waals surface area contributed by atoms with Crippen LogP contribution in [0, 0.1) is 6.92 Å². The van der Waals surface area contributed by atoms with Gasteiger partial charge in [0.1, 0.15) is 5.82 Å². The molecular weight excluding hydrogens is 298 g/mol. The normalized spacial score (nSPS) is 11.0. The monoisotopic (exact) mass is 335 g/mol. The molecule has 138 valence electrons. The number of nitrogens with one attached hydrogen (secondary N) is 2. The van der Waals surface area contributed by atoms with Crippen LogP contribution in [-0.4, -0.2) is 48.6 Å². The lowest BCUT2D eigenvalue weighted by Gasteiger charge is -2.12. The summed E-state index contributed by atoms with van der Waals surface area (Å²) in [6.07, 6.45) is 10.7. The Hall–Kier alpha value is -1.36. The van der Waals surface area contributed by atoms with E-state index in [1.165, 1.54) is 51.4 Å². The number of hydrogen-bond acceptors (Lipinski definition) is 5. The van der Waals surface area contributed by atoms with Gasteiger partial charge in [-0.15, -0.1) is 0 Å². The summed E-state index contributed by atoms with van der Waals surface area (Å²) in [5, 5.41) is 6.72. The largest absolute Gasteiger partial charge is 0.369 e. The Kier molecular flexibility index (Phi) is 11.2. The summed E-state index contributed by atoms with van der Waals surface area (Å²) in [4.78, 5) is 11.2. The van der Waals surface area contributed by atoms with Gasteiger partial charge in [-0.1, -0.05) is 51.9 Å². The molecule has 0 fully saturated rings. The van der Waals surface area contributed by atoms with Gasteiger partial charge in [0, 0.05) is 31.4 Å². The first kappa shape index (κ1) is 20.7. The predicted molar refractivity (Wildman–Crippen MR) is 105 cm³/mol. The summed E-state index contributed by atoms with van der Waals surface area (Å²) in [7, 11) is 4.15. The van der Waals surface area contributed by atoms with Crippen LogP contribution in [-0.2, 0) is 0 Å². The first-order valence-electron chi connectivity index (χ1n) is 9.60. The molecule has 0 aliphatic heterocycles. The van der Waals surface area contributed by atoms with E-state index in [0.717, 1.165) is 37.1 Å². The zero-order valence-corrected chi connectivity index (χ0v) is 16.2. The van der Waals surface area contributed by atoms with Crippen molar-refractivity contribution >= 4 is 11.8 Å². The minimum Gasteiger partial charge on any atom is -0.369 e. The van der Waals surface area contributed by atoms with Crippen molar-refractivity contribution in [3.05, 3.63) is 11.8 Å². The second-order valence-electron chi connectivity index (χ2n) is 6.85. The third kappa shape index (κ3) is 10.4. The van der Waals surface area contributed by atoms with Crippen LogP contribution in [0.3, 0.4) is 0 Å².